The number of nitrogens with zero attached hydrogens (tertiary/aromatic N) is 2. The maximum atomic E-state index is 12.9. The molecule has 0 aromatic carbocycles. The van der Waals surface area contributed by atoms with Gasteiger partial charge >= 0.3 is 6.18 Å². The molecule has 2 heterocycles. The zero-order chi connectivity index (χ0) is 21.2. The molecule has 2 aromatic heterocycles. The van der Waals surface area contributed by atoms with Crippen LogP contribution in [0, 0.1) is 5.92 Å². The highest BCUT2D eigenvalue weighted by molar-refractivity contribution is 5.95. The summed E-state index contributed by atoms with van der Waals surface area (Å²) in [6, 6.07) is 2.92. The smallest absolute Gasteiger partial charge is 0.433 e. The summed E-state index contributed by atoms with van der Waals surface area (Å²) in [6.07, 6.45) is 0.560. The molecule has 0 spiro atoms. The Balaban J connectivity index is 1.90. The molecule has 1 aliphatic rings. The van der Waals surface area contributed by atoms with Crippen LogP contribution in [0.15, 0.2) is 23.0 Å². The van der Waals surface area contributed by atoms with Crippen molar-refractivity contribution in [1.82, 2.24) is 20.3 Å². The van der Waals surface area contributed by atoms with Crippen molar-refractivity contribution < 1.29 is 23.1 Å². The molecule has 3 N–H and O–H groups in total. The minimum Gasteiger partial charge on any atom is -0.501 e. The third-order valence-electron chi connectivity index (χ3n) is 5.11. The molecule has 0 unspecified atom stereocenters. The van der Waals surface area contributed by atoms with Gasteiger partial charge in [-0.3, -0.25) is 9.59 Å². The fourth-order valence-electron chi connectivity index (χ4n) is 3.50. The molecule has 3 rings (SSSR count). The molecule has 0 saturated heterocycles. The first-order chi connectivity index (χ1) is 13.7. The first-order valence-corrected chi connectivity index (χ1v) is 9.35. The molecule has 2 aromatic rings. The molecule has 10 heteroatoms. The predicted octanol–water partition coefficient (Wildman–Crippen LogP) is 3.25. The number of hydrogen-bond acceptors (Lipinski definition) is 5. The van der Waals surface area contributed by atoms with Gasteiger partial charge in [-0.1, -0.05) is 25.3 Å². The van der Waals surface area contributed by atoms with Gasteiger partial charge in [0, 0.05) is 6.04 Å². The van der Waals surface area contributed by atoms with E-state index in [1.54, 1.807) is 0 Å². The van der Waals surface area contributed by atoms with E-state index in [-0.39, 0.29) is 23.5 Å². The number of carbonyl (C=O) groups excluding carboxylic acids is 1. The Labute approximate surface area is 164 Å². The predicted molar refractivity (Wildman–Crippen MR) is 98.3 cm³/mol. The van der Waals surface area contributed by atoms with Crippen molar-refractivity contribution in [3.8, 4) is 17.3 Å². The zero-order valence-electron chi connectivity index (χ0n) is 15.7. The molecule has 1 saturated carbocycles. The maximum absolute atomic E-state index is 12.9. The van der Waals surface area contributed by atoms with E-state index in [9.17, 15) is 27.9 Å². The van der Waals surface area contributed by atoms with Gasteiger partial charge in [0.1, 0.15) is 11.4 Å². The van der Waals surface area contributed by atoms with Crippen molar-refractivity contribution in [3.63, 3.8) is 0 Å². The van der Waals surface area contributed by atoms with Crippen molar-refractivity contribution in [2.24, 2.45) is 5.92 Å². The summed E-state index contributed by atoms with van der Waals surface area (Å²) in [4.78, 5) is 34.1. The van der Waals surface area contributed by atoms with Crippen LogP contribution in [0.5, 0.6) is 5.75 Å². The van der Waals surface area contributed by atoms with Gasteiger partial charge < -0.3 is 15.4 Å². The van der Waals surface area contributed by atoms with E-state index in [1.165, 1.54) is 6.07 Å². The second-order valence-electron chi connectivity index (χ2n) is 7.18. The number of aromatic amines is 1. The molecule has 0 aliphatic heterocycles. The molecule has 1 amide bonds. The zero-order valence-corrected chi connectivity index (χ0v) is 15.7. The molecule has 7 nitrogen and oxygen atoms in total. The topological polar surface area (TPSA) is 108 Å². The second kappa shape index (κ2) is 8.22. The highest BCUT2D eigenvalue weighted by Crippen LogP contribution is 2.29. The summed E-state index contributed by atoms with van der Waals surface area (Å²) in [7, 11) is 0. The molecule has 1 aliphatic carbocycles. The summed E-state index contributed by atoms with van der Waals surface area (Å²) in [5, 5.41) is 12.7. The number of halogens is 3. The van der Waals surface area contributed by atoms with Crippen LogP contribution in [0.25, 0.3) is 11.5 Å². The Morgan fingerprint density at radius 1 is 1.24 bits per heavy atom. The van der Waals surface area contributed by atoms with Gasteiger partial charge in [-0.05, 0) is 37.8 Å². The normalized spacial score (nSPS) is 16.4. The number of hydrogen-bond donors (Lipinski definition) is 3. The van der Waals surface area contributed by atoms with E-state index < -0.39 is 34.8 Å². The third kappa shape index (κ3) is 4.75. The van der Waals surface area contributed by atoms with Crippen molar-refractivity contribution in [3.05, 3.63) is 39.9 Å². The first-order valence-electron chi connectivity index (χ1n) is 9.35. The minimum absolute atomic E-state index is 0.196. The highest BCUT2D eigenvalue weighted by Gasteiger charge is 2.33. The van der Waals surface area contributed by atoms with Crippen LogP contribution in [-0.2, 0) is 6.18 Å². The molecule has 1 fully saturated rings. The van der Waals surface area contributed by atoms with E-state index in [0.29, 0.717) is 0 Å². The Morgan fingerprint density at radius 3 is 2.59 bits per heavy atom. The summed E-state index contributed by atoms with van der Waals surface area (Å²) >= 11 is 0. The minimum atomic E-state index is -4.68. The van der Waals surface area contributed by atoms with Crippen LogP contribution < -0.4 is 10.9 Å². The first kappa shape index (κ1) is 20.8. The fourth-order valence-corrected chi connectivity index (χ4v) is 3.50. The van der Waals surface area contributed by atoms with E-state index >= 15 is 0 Å². The third-order valence-corrected chi connectivity index (χ3v) is 5.11. The number of alkyl halides is 3. The van der Waals surface area contributed by atoms with Crippen LogP contribution in [0.1, 0.15) is 55.2 Å². The summed E-state index contributed by atoms with van der Waals surface area (Å²) in [5.74, 6) is -1.72. The van der Waals surface area contributed by atoms with Crippen LogP contribution >= 0.6 is 0 Å². The van der Waals surface area contributed by atoms with Crippen LogP contribution in [0.4, 0.5) is 13.2 Å². The number of rotatable bonds is 4. The van der Waals surface area contributed by atoms with Gasteiger partial charge in [-0.25, -0.2) is 9.97 Å². The van der Waals surface area contributed by atoms with E-state index in [4.69, 9.17) is 0 Å². The highest BCUT2D eigenvalue weighted by atomic mass is 19.4. The molecule has 1 atom stereocenters. The average molecular weight is 410 g/mol. The molecule has 156 valence electrons. The fraction of sp³-hybridized carbons (Fsp3) is 0.474. The van der Waals surface area contributed by atoms with E-state index in [0.717, 1.165) is 44.2 Å². The SMILES string of the molecule is C[C@@H](NC(=O)c1nc(-c2cccc(C(F)(F)F)n2)[nH]c(=O)c1O)C1CCCCC1. The Hall–Kier alpha value is -2.91. The maximum Gasteiger partial charge on any atom is 0.433 e. The standard InChI is InChI=1S/C19H21F3N4O3/c1-10(11-6-3-2-4-7-11)23-17(28)14-15(27)18(29)26-16(25-14)12-8-5-9-13(24-12)19(20,21)22/h5,8-11,27H,2-4,6-7H2,1H3,(H,23,28)(H,25,26,29)/t10-/m1/s1. The number of aromatic hydroxyl groups is 1. The van der Waals surface area contributed by atoms with Gasteiger partial charge in [0.25, 0.3) is 11.5 Å². The lowest BCUT2D eigenvalue weighted by atomic mass is 9.84. The lowest BCUT2D eigenvalue weighted by Crippen LogP contribution is -2.39. The van der Waals surface area contributed by atoms with Gasteiger partial charge in [0.05, 0.1) is 0 Å². The number of aromatic nitrogens is 3. The van der Waals surface area contributed by atoms with E-state index in [2.05, 4.69) is 20.3 Å². The van der Waals surface area contributed by atoms with Crippen LogP contribution in [0.3, 0.4) is 0 Å². The quantitative estimate of drug-likeness (QED) is 0.717. The van der Waals surface area contributed by atoms with Crippen molar-refractivity contribution in [1.29, 1.82) is 0 Å². The Kier molecular flexibility index (Phi) is 5.90. The Morgan fingerprint density at radius 2 is 1.93 bits per heavy atom. The number of amides is 1. The van der Waals surface area contributed by atoms with E-state index in [1.807, 2.05) is 6.92 Å². The summed E-state index contributed by atoms with van der Waals surface area (Å²) in [5.41, 5.74) is -3.02. The number of pyridine rings is 1. The summed E-state index contributed by atoms with van der Waals surface area (Å²) in [6.45, 7) is 1.84. The van der Waals surface area contributed by atoms with Gasteiger partial charge in [-0.2, -0.15) is 13.2 Å². The monoisotopic (exact) mass is 410 g/mol. The lowest BCUT2D eigenvalue weighted by Gasteiger charge is -2.28. The molecule has 29 heavy (non-hydrogen) atoms. The van der Waals surface area contributed by atoms with Gasteiger partial charge in [0.15, 0.2) is 11.5 Å². The van der Waals surface area contributed by atoms with Crippen molar-refractivity contribution >= 4 is 5.91 Å². The van der Waals surface area contributed by atoms with Gasteiger partial charge in [-0.15, -0.1) is 0 Å². The lowest BCUT2D eigenvalue weighted by molar-refractivity contribution is -0.141. The molecule has 0 radical (unpaired) electrons. The van der Waals surface area contributed by atoms with Gasteiger partial charge in [0.2, 0.25) is 5.75 Å². The number of nitrogens with one attached hydrogen (secondary N) is 2. The Bertz CT molecular complexity index is 952. The second-order valence-corrected chi connectivity index (χ2v) is 7.18. The molecule has 0 bridgehead atoms. The van der Waals surface area contributed by atoms with Crippen molar-refractivity contribution in [2.75, 3.05) is 0 Å². The van der Waals surface area contributed by atoms with Crippen molar-refractivity contribution in [2.45, 2.75) is 51.2 Å². The average Bonchev–Trinajstić information content (AvgIpc) is 2.70. The molecular formula is C19H21F3N4O3. The largest absolute Gasteiger partial charge is 0.501 e. The number of H-pyrrole nitrogens is 1. The summed E-state index contributed by atoms with van der Waals surface area (Å²) < 4.78 is 38.7. The molecular weight excluding hydrogens is 389 g/mol. The number of carbonyl (C=O) groups is 1. The van der Waals surface area contributed by atoms with Crippen LogP contribution in [0.2, 0.25) is 0 Å². The van der Waals surface area contributed by atoms with Crippen LogP contribution in [-0.4, -0.2) is 32.0 Å².